The Bertz CT molecular complexity index is 1220. The van der Waals surface area contributed by atoms with Crippen molar-refractivity contribution in [2.24, 2.45) is 0 Å². The topological polar surface area (TPSA) is 80.0 Å². The molecule has 0 spiro atoms. The second-order valence-electron chi connectivity index (χ2n) is 6.64. The van der Waals surface area contributed by atoms with Crippen LogP contribution in [0.2, 0.25) is 0 Å². The van der Waals surface area contributed by atoms with Gasteiger partial charge in [-0.1, -0.05) is 6.07 Å². The SMILES string of the molecule is Cc1ccc(C(=O)NC(=S)Nc2ccc3oc(-c4ccncc4)nc3c2)cc1C. The molecule has 29 heavy (non-hydrogen) atoms. The lowest BCUT2D eigenvalue weighted by Crippen LogP contribution is -2.34. The highest BCUT2D eigenvalue weighted by molar-refractivity contribution is 7.80. The number of carbonyl (C=O) groups is 1. The Morgan fingerprint density at radius 1 is 1.00 bits per heavy atom. The Morgan fingerprint density at radius 3 is 2.55 bits per heavy atom. The van der Waals surface area contributed by atoms with E-state index in [0.717, 1.165) is 16.7 Å². The molecule has 0 atom stereocenters. The maximum Gasteiger partial charge on any atom is 0.257 e. The normalized spacial score (nSPS) is 10.7. The Labute approximate surface area is 173 Å². The molecular weight excluding hydrogens is 384 g/mol. The van der Waals surface area contributed by atoms with Gasteiger partial charge in [0.2, 0.25) is 5.89 Å². The molecule has 6 nitrogen and oxygen atoms in total. The smallest absolute Gasteiger partial charge is 0.257 e. The second kappa shape index (κ2) is 7.81. The Balaban J connectivity index is 1.47. The lowest BCUT2D eigenvalue weighted by molar-refractivity contribution is 0.0977. The van der Waals surface area contributed by atoms with Crippen LogP contribution in [0.1, 0.15) is 21.5 Å². The molecule has 7 heteroatoms. The number of rotatable bonds is 3. The van der Waals surface area contributed by atoms with Crippen molar-refractivity contribution >= 4 is 40.0 Å². The summed E-state index contributed by atoms with van der Waals surface area (Å²) in [6.45, 7) is 3.97. The minimum absolute atomic E-state index is 0.213. The summed E-state index contributed by atoms with van der Waals surface area (Å²) in [6.07, 6.45) is 3.38. The van der Waals surface area contributed by atoms with Crippen LogP contribution in [0.15, 0.2) is 65.3 Å². The third-order valence-electron chi connectivity index (χ3n) is 4.57. The molecule has 2 heterocycles. The minimum Gasteiger partial charge on any atom is -0.436 e. The fourth-order valence-electron chi connectivity index (χ4n) is 2.84. The van der Waals surface area contributed by atoms with E-state index < -0.39 is 0 Å². The predicted octanol–water partition coefficient (Wildman–Crippen LogP) is 4.63. The lowest BCUT2D eigenvalue weighted by Gasteiger charge is -2.10. The van der Waals surface area contributed by atoms with Crippen molar-refractivity contribution in [1.29, 1.82) is 0 Å². The molecule has 0 fully saturated rings. The third-order valence-corrected chi connectivity index (χ3v) is 4.77. The number of aryl methyl sites for hydroxylation is 2. The van der Waals surface area contributed by atoms with Crippen LogP contribution in [0.5, 0.6) is 0 Å². The second-order valence-corrected chi connectivity index (χ2v) is 7.05. The van der Waals surface area contributed by atoms with E-state index in [4.69, 9.17) is 16.6 Å². The molecule has 0 saturated carbocycles. The molecular formula is C22H18N4O2S. The zero-order chi connectivity index (χ0) is 20.4. The van der Waals surface area contributed by atoms with Gasteiger partial charge in [0.05, 0.1) is 0 Å². The zero-order valence-electron chi connectivity index (χ0n) is 15.9. The van der Waals surface area contributed by atoms with E-state index in [1.807, 2.05) is 56.3 Å². The number of benzene rings is 2. The summed E-state index contributed by atoms with van der Waals surface area (Å²) in [4.78, 5) is 20.9. The van der Waals surface area contributed by atoms with Crippen LogP contribution in [-0.4, -0.2) is 21.0 Å². The molecule has 2 aromatic carbocycles. The van der Waals surface area contributed by atoms with E-state index in [1.54, 1.807) is 18.5 Å². The summed E-state index contributed by atoms with van der Waals surface area (Å²) in [5.74, 6) is 0.262. The summed E-state index contributed by atoms with van der Waals surface area (Å²) in [6, 6.07) is 14.7. The van der Waals surface area contributed by atoms with Crippen molar-refractivity contribution in [2.45, 2.75) is 13.8 Å². The van der Waals surface area contributed by atoms with E-state index in [9.17, 15) is 4.79 Å². The van der Waals surface area contributed by atoms with Crippen molar-refractivity contribution in [2.75, 3.05) is 5.32 Å². The van der Waals surface area contributed by atoms with Crippen molar-refractivity contribution in [3.05, 3.63) is 77.6 Å². The van der Waals surface area contributed by atoms with Gasteiger partial charge in [-0.25, -0.2) is 4.98 Å². The first-order valence-electron chi connectivity index (χ1n) is 9.00. The average Bonchev–Trinajstić information content (AvgIpc) is 3.14. The van der Waals surface area contributed by atoms with Gasteiger partial charge in [-0.15, -0.1) is 0 Å². The molecule has 0 aliphatic heterocycles. The third kappa shape index (κ3) is 4.14. The fraction of sp³-hybridized carbons (Fsp3) is 0.0909. The lowest BCUT2D eigenvalue weighted by atomic mass is 10.1. The first-order chi connectivity index (χ1) is 14.0. The molecule has 144 valence electrons. The number of carbonyl (C=O) groups excluding carboxylic acids is 1. The highest BCUT2D eigenvalue weighted by Gasteiger charge is 2.11. The first kappa shape index (κ1) is 18.8. The number of anilines is 1. The molecule has 1 amide bonds. The van der Waals surface area contributed by atoms with Crippen molar-refractivity contribution in [1.82, 2.24) is 15.3 Å². The van der Waals surface area contributed by atoms with Crippen LogP contribution in [0.4, 0.5) is 5.69 Å². The van der Waals surface area contributed by atoms with Gasteiger partial charge in [0.1, 0.15) is 5.52 Å². The molecule has 4 rings (SSSR count). The van der Waals surface area contributed by atoms with Gasteiger partial charge in [0.25, 0.3) is 5.91 Å². The zero-order valence-corrected chi connectivity index (χ0v) is 16.7. The number of thiocarbonyl (C=S) groups is 1. The number of nitrogens with one attached hydrogen (secondary N) is 2. The van der Waals surface area contributed by atoms with Crippen molar-refractivity contribution in [3.8, 4) is 11.5 Å². The maximum atomic E-state index is 12.4. The molecule has 0 radical (unpaired) electrons. The van der Waals surface area contributed by atoms with Gasteiger partial charge in [-0.05, 0) is 79.7 Å². The fourth-order valence-corrected chi connectivity index (χ4v) is 3.05. The minimum atomic E-state index is -0.256. The van der Waals surface area contributed by atoms with Gasteiger partial charge in [-0.3, -0.25) is 15.1 Å². The van der Waals surface area contributed by atoms with E-state index in [-0.39, 0.29) is 11.0 Å². The van der Waals surface area contributed by atoms with Gasteiger partial charge < -0.3 is 9.73 Å². The van der Waals surface area contributed by atoms with Gasteiger partial charge >= 0.3 is 0 Å². The van der Waals surface area contributed by atoms with Crippen LogP contribution in [0.25, 0.3) is 22.6 Å². The van der Waals surface area contributed by atoms with Crippen LogP contribution < -0.4 is 10.6 Å². The Hall–Kier alpha value is -3.58. The highest BCUT2D eigenvalue weighted by Crippen LogP contribution is 2.25. The summed E-state index contributed by atoms with van der Waals surface area (Å²) in [5, 5.41) is 5.93. The first-order valence-corrected chi connectivity index (χ1v) is 9.41. The van der Waals surface area contributed by atoms with Crippen LogP contribution in [0.3, 0.4) is 0 Å². The van der Waals surface area contributed by atoms with Crippen LogP contribution in [-0.2, 0) is 0 Å². The van der Waals surface area contributed by atoms with Gasteiger partial charge in [0.15, 0.2) is 10.7 Å². The van der Waals surface area contributed by atoms with E-state index in [2.05, 4.69) is 20.6 Å². The highest BCUT2D eigenvalue weighted by atomic mass is 32.1. The number of aromatic nitrogens is 2. The average molecular weight is 402 g/mol. The molecule has 0 aliphatic carbocycles. The summed E-state index contributed by atoms with van der Waals surface area (Å²) in [5.41, 5.74) is 5.65. The quantitative estimate of drug-likeness (QED) is 0.486. The number of oxazole rings is 1. The number of pyridine rings is 1. The summed E-state index contributed by atoms with van der Waals surface area (Å²) >= 11 is 5.28. The number of nitrogens with zero attached hydrogens (tertiary/aromatic N) is 2. The maximum absolute atomic E-state index is 12.4. The van der Waals surface area contributed by atoms with E-state index in [1.165, 1.54) is 0 Å². The molecule has 0 bridgehead atoms. The largest absolute Gasteiger partial charge is 0.436 e. The monoisotopic (exact) mass is 402 g/mol. The standard InChI is InChI=1S/C22H18N4O2S/c1-13-3-4-16(11-14(13)2)20(27)26-22(29)24-17-5-6-19-18(12-17)25-21(28-19)15-7-9-23-10-8-15/h3-12H,1-2H3,(H2,24,26,27,29). The molecule has 0 unspecified atom stereocenters. The number of fused-ring (bicyclic) bond motifs is 1. The van der Waals surface area contributed by atoms with Crippen LogP contribution in [0, 0.1) is 13.8 Å². The number of hydrogen-bond donors (Lipinski definition) is 2. The van der Waals surface area contributed by atoms with Crippen molar-refractivity contribution in [3.63, 3.8) is 0 Å². The van der Waals surface area contributed by atoms with E-state index >= 15 is 0 Å². The van der Waals surface area contributed by atoms with Gasteiger partial charge in [-0.2, -0.15) is 0 Å². The van der Waals surface area contributed by atoms with Crippen LogP contribution >= 0.6 is 12.2 Å². The Morgan fingerprint density at radius 2 is 1.79 bits per heavy atom. The number of amides is 1. The van der Waals surface area contributed by atoms with Gasteiger partial charge in [0, 0.05) is 29.2 Å². The summed E-state index contributed by atoms with van der Waals surface area (Å²) < 4.78 is 5.79. The molecule has 2 N–H and O–H groups in total. The molecule has 2 aromatic heterocycles. The molecule has 0 aliphatic rings. The summed E-state index contributed by atoms with van der Waals surface area (Å²) in [7, 11) is 0. The molecule has 4 aromatic rings. The van der Waals surface area contributed by atoms with Crippen molar-refractivity contribution < 1.29 is 9.21 Å². The predicted molar refractivity (Wildman–Crippen MR) is 117 cm³/mol. The Kier molecular flexibility index (Phi) is 5.05. The number of hydrogen-bond acceptors (Lipinski definition) is 5. The van der Waals surface area contributed by atoms with E-state index in [0.29, 0.717) is 28.2 Å². The molecule has 0 saturated heterocycles.